The normalized spacial score (nSPS) is 11.6. The van der Waals surface area contributed by atoms with E-state index in [1.807, 2.05) is 6.92 Å². The predicted molar refractivity (Wildman–Crippen MR) is 103 cm³/mol. The molecular formula is C18H21N3O7S. The maximum Gasteiger partial charge on any atom is 0.348 e. The highest BCUT2D eigenvalue weighted by Crippen LogP contribution is 2.34. The first kappa shape index (κ1) is 22.1. The summed E-state index contributed by atoms with van der Waals surface area (Å²) in [5, 5.41) is 15.7. The van der Waals surface area contributed by atoms with Gasteiger partial charge in [-0.05, 0) is 31.9 Å². The first-order chi connectivity index (χ1) is 13.7. The number of carbonyl (C=O) groups excluding carboxylic acids is 3. The number of carbonyl (C=O) groups is 4. The molecule has 0 aliphatic heterocycles. The minimum absolute atomic E-state index is 0.0448. The minimum Gasteiger partial charge on any atom is -0.480 e. The molecule has 2 aromatic rings. The fourth-order valence-electron chi connectivity index (χ4n) is 2.36. The average Bonchev–Trinajstić information content (AvgIpc) is 3.30. The number of nitrogens with zero attached hydrogens (tertiary/aromatic N) is 2. The van der Waals surface area contributed by atoms with Crippen LogP contribution < -0.4 is 5.32 Å². The van der Waals surface area contributed by atoms with E-state index in [0.717, 1.165) is 16.0 Å². The first-order valence-electron chi connectivity index (χ1n) is 8.69. The van der Waals surface area contributed by atoms with Crippen LogP contribution in [0.4, 0.5) is 5.00 Å². The number of thiophene rings is 1. The van der Waals surface area contributed by atoms with Crippen molar-refractivity contribution in [2.24, 2.45) is 0 Å². The van der Waals surface area contributed by atoms with Gasteiger partial charge in [-0.1, -0.05) is 6.92 Å². The van der Waals surface area contributed by atoms with Gasteiger partial charge in [-0.25, -0.2) is 14.4 Å². The molecule has 0 aliphatic rings. The van der Waals surface area contributed by atoms with Crippen LogP contribution in [0.25, 0.3) is 0 Å². The summed E-state index contributed by atoms with van der Waals surface area (Å²) in [5.41, 5.74) is 0.357. The zero-order valence-corrected chi connectivity index (χ0v) is 17.2. The van der Waals surface area contributed by atoms with Gasteiger partial charge < -0.3 is 19.9 Å². The Kier molecular flexibility index (Phi) is 7.10. The van der Waals surface area contributed by atoms with Crippen molar-refractivity contribution in [1.82, 2.24) is 9.78 Å². The van der Waals surface area contributed by atoms with Gasteiger partial charge in [0.25, 0.3) is 5.91 Å². The number of amides is 1. The van der Waals surface area contributed by atoms with Crippen LogP contribution in [0.15, 0.2) is 12.3 Å². The monoisotopic (exact) mass is 423 g/mol. The Morgan fingerprint density at radius 3 is 2.59 bits per heavy atom. The smallest absolute Gasteiger partial charge is 0.348 e. The van der Waals surface area contributed by atoms with Gasteiger partial charge in [0.15, 0.2) is 5.69 Å². The highest BCUT2D eigenvalue weighted by molar-refractivity contribution is 7.18. The Morgan fingerprint density at radius 1 is 1.31 bits per heavy atom. The van der Waals surface area contributed by atoms with Gasteiger partial charge in [0.2, 0.25) is 0 Å². The number of nitrogens with one attached hydrogen (secondary N) is 1. The van der Waals surface area contributed by atoms with Crippen LogP contribution in [-0.4, -0.2) is 52.4 Å². The van der Waals surface area contributed by atoms with Crippen molar-refractivity contribution in [3.05, 3.63) is 34.0 Å². The molecule has 0 aromatic carbocycles. The molecular weight excluding hydrogens is 402 g/mol. The van der Waals surface area contributed by atoms with Crippen LogP contribution in [0, 0.1) is 6.92 Å². The van der Waals surface area contributed by atoms with Gasteiger partial charge >= 0.3 is 17.9 Å². The number of hydrogen-bond donors (Lipinski definition) is 2. The van der Waals surface area contributed by atoms with Crippen molar-refractivity contribution in [2.75, 3.05) is 19.0 Å². The molecule has 0 aliphatic carbocycles. The van der Waals surface area contributed by atoms with Crippen LogP contribution >= 0.6 is 11.3 Å². The minimum atomic E-state index is -1.10. The van der Waals surface area contributed by atoms with E-state index in [2.05, 4.69) is 10.4 Å². The van der Waals surface area contributed by atoms with Crippen molar-refractivity contribution >= 4 is 40.2 Å². The number of methoxy groups -OCH3 is 1. The lowest BCUT2D eigenvalue weighted by Gasteiger charge is -2.07. The Bertz CT molecular complexity index is 947. The number of aromatic nitrogens is 2. The number of aliphatic carboxylic acids is 1. The molecule has 11 heteroatoms. The molecule has 0 saturated heterocycles. The van der Waals surface area contributed by atoms with Crippen LogP contribution in [-0.2, 0) is 14.3 Å². The predicted octanol–water partition coefficient (Wildman–Crippen LogP) is 2.50. The van der Waals surface area contributed by atoms with E-state index < -0.39 is 29.9 Å². The summed E-state index contributed by atoms with van der Waals surface area (Å²) >= 11 is 0.886. The zero-order valence-electron chi connectivity index (χ0n) is 16.3. The van der Waals surface area contributed by atoms with E-state index in [-0.39, 0.29) is 27.7 Å². The number of carboxylic acids is 1. The van der Waals surface area contributed by atoms with E-state index in [0.29, 0.717) is 12.0 Å². The molecule has 0 spiro atoms. The van der Waals surface area contributed by atoms with E-state index in [1.165, 1.54) is 26.3 Å². The molecule has 0 saturated carbocycles. The van der Waals surface area contributed by atoms with Crippen LogP contribution in [0.1, 0.15) is 62.4 Å². The first-order valence-corrected chi connectivity index (χ1v) is 9.51. The van der Waals surface area contributed by atoms with Gasteiger partial charge in [0.1, 0.15) is 15.9 Å². The largest absolute Gasteiger partial charge is 0.480 e. The zero-order chi connectivity index (χ0) is 21.7. The second-order valence-electron chi connectivity index (χ2n) is 6.04. The number of esters is 2. The number of anilines is 1. The maximum atomic E-state index is 12.6. The van der Waals surface area contributed by atoms with Crippen molar-refractivity contribution < 1.29 is 33.8 Å². The number of carboxylic acid groups (broad SMARTS) is 1. The highest BCUT2D eigenvalue weighted by atomic mass is 32.1. The van der Waals surface area contributed by atoms with Gasteiger partial charge in [-0.2, -0.15) is 5.10 Å². The second kappa shape index (κ2) is 9.32. The molecule has 0 bridgehead atoms. The molecule has 1 unspecified atom stereocenters. The fourth-order valence-corrected chi connectivity index (χ4v) is 3.46. The molecule has 0 fully saturated rings. The van der Waals surface area contributed by atoms with Crippen LogP contribution in [0.3, 0.4) is 0 Å². The number of hydrogen-bond acceptors (Lipinski definition) is 8. The Labute approximate surface area is 170 Å². The molecule has 2 rings (SSSR count). The summed E-state index contributed by atoms with van der Waals surface area (Å²) in [6, 6.07) is 0.400. The third-order valence-corrected chi connectivity index (χ3v) is 5.17. The number of rotatable bonds is 8. The lowest BCUT2D eigenvalue weighted by atomic mass is 10.1. The molecule has 2 aromatic heterocycles. The molecule has 156 valence electrons. The quantitative estimate of drug-likeness (QED) is 0.618. The summed E-state index contributed by atoms with van der Waals surface area (Å²) < 4.78 is 11.0. The van der Waals surface area contributed by atoms with Crippen molar-refractivity contribution in [3.63, 3.8) is 0 Å². The molecule has 10 nitrogen and oxygen atoms in total. The van der Waals surface area contributed by atoms with Crippen molar-refractivity contribution in [1.29, 1.82) is 0 Å². The summed E-state index contributed by atoms with van der Waals surface area (Å²) in [7, 11) is 1.21. The van der Waals surface area contributed by atoms with Crippen LogP contribution in [0.5, 0.6) is 0 Å². The molecule has 2 N–H and O–H groups in total. The maximum absolute atomic E-state index is 12.6. The average molecular weight is 423 g/mol. The molecule has 0 radical (unpaired) electrons. The summed E-state index contributed by atoms with van der Waals surface area (Å²) in [6.07, 6.45) is 1.98. The summed E-state index contributed by atoms with van der Waals surface area (Å²) in [6.45, 7) is 5.01. The Morgan fingerprint density at radius 2 is 2.00 bits per heavy atom. The SMILES string of the molecule is CCCOC(=O)c1c(NC(=O)c2ccn(C(C)C(=O)O)n2)sc(C(=O)OC)c1C. The summed E-state index contributed by atoms with van der Waals surface area (Å²) in [4.78, 5) is 48.2. The summed E-state index contributed by atoms with van der Waals surface area (Å²) in [5.74, 6) is -3.07. The lowest BCUT2D eigenvalue weighted by molar-refractivity contribution is -0.140. The molecule has 1 amide bonds. The fraction of sp³-hybridized carbons (Fsp3) is 0.389. The van der Waals surface area contributed by atoms with E-state index in [1.54, 1.807) is 6.92 Å². The topological polar surface area (TPSA) is 137 Å². The van der Waals surface area contributed by atoms with E-state index in [4.69, 9.17) is 14.6 Å². The third-order valence-electron chi connectivity index (χ3n) is 3.98. The molecule has 1 atom stereocenters. The molecule has 29 heavy (non-hydrogen) atoms. The third kappa shape index (κ3) is 4.80. The standard InChI is InChI=1S/C18H21N3O7S/c1-5-8-28-17(25)12-9(2)13(18(26)27-4)29-15(12)19-14(22)11-6-7-21(20-11)10(3)16(23)24/h6-7,10H,5,8H2,1-4H3,(H,19,22)(H,23,24). The Balaban J connectivity index is 2.35. The number of ether oxygens (including phenoxy) is 2. The van der Waals surface area contributed by atoms with Crippen molar-refractivity contribution in [2.45, 2.75) is 33.2 Å². The van der Waals surface area contributed by atoms with Crippen molar-refractivity contribution in [3.8, 4) is 0 Å². The lowest BCUT2D eigenvalue weighted by Crippen LogP contribution is -2.19. The van der Waals surface area contributed by atoms with E-state index in [9.17, 15) is 19.2 Å². The van der Waals surface area contributed by atoms with Crippen LogP contribution in [0.2, 0.25) is 0 Å². The van der Waals surface area contributed by atoms with Gasteiger partial charge in [0.05, 0.1) is 19.3 Å². The van der Waals surface area contributed by atoms with E-state index >= 15 is 0 Å². The van der Waals surface area contributed by atoms with Gasteiger partial charge in [-0.15, -0.1) is 11.3 Å². The van der Waals surface area contributed by atoms with Gasteiger partial charge in [-0.3, -0.25) is 9.48 Å². The Hall–Kier alpha value is -3.21. The highest BCUT2D eigenvalue weighted by Gasteiger charge is 2.28. The molecule has 2 heterocycles. The second-order valence-corrected chi connectivity index (χ2v) is 7.06. The van der Waals surface area contributed by atoms with Gasteiger partial charge in [0, 0.05) is 6.20 Å².